The predicted octanol–water partition coefficient (Wildman–Crippen LogP) is 3.03. The first-order chi connectivity index (χ1) is 8.66. The van der Waals surface area contributed by atoms with Gasteiger partial charge in [0.25, 0.3) is 0 Å². The summed E-state index contributed by atoms with van der Waals surface area (Å²) < 4.78 is 23.7. The van der Waals surface area contributed by atoms with Gasteiger partial charge in [-0.15, -0.1) is 0 Å². The van der Waals surface area contributed by atoms with E-state index in [0.717, 1.165) is 5.56 Å². The maximum atomic E-state index is 11.9. The molecule has 0 fully saturated rings. The molecular formula is C15H22O3S. The number of carbonyl (C=O) groups is 1. The van der Waals surface area contributed by atoms with Crippen molar-refractivity contribution in [2.24, 2.45) is 5.41 Å². The molecule has 0 spiro atoms. The largest absolute Gasteiger partial charge is 0.299 e. The molecule has 1 aromatic carbocycles. The molecule has 4 heteroatoms. The van der Waals surface area contributed by atoms with E-state index in [4.69, 9.17) is 0 Å². The van der Waals surface area contributed by atoms with Crippen LogP contribution < -0.4 is 0 Å². The lowest BCUT2D eigenvalue weighted by Crippen LogP contribution is -2.22. The first-order valence-corrected chi connectivity index (χ1v) is 8.17. The number of Topliss-reactive ketones (excluding diaryl/α,β-unsaturated/α-hetero) is 1. The van der Waals surface area contributed by atoms with Crippen molar-refractivity contribution in [2.45, 2.75) is 45.4 Å². The first kappa shape index (κ1) is 15.9. The van der Waals surface area contributed by atoms with E-state index in [1.165, 1.54) is 0 Å². The van der Waals surface area contributed by atoms with Gasteiger partial charge in [0.1, 0.15) is 5.78 Å². The van der Waals surface area contributed by atoms with Gasteiger partial charge in [-0.2, -0.15) is 0 Å². The second kappa shape index (κ2) is 5.87. The molecule has 0 aliphatic rings. The second-order valence-electron chi connectivity index (χ2n) is 5.81. The summed E-state index contributed by atoms with van der Waals surface area (Å²) in [5.74, 6) is 0.310. The monoisotopic (exact) mass is 282 g/mol. The lowest BCUT2D eigenvalue weighted by atomic mass is 9.87. The number of sulfone groups is 1. The van der Waals surface area contributed by atoms with Crippen LogP contribution in [0.25, 0.3) is 0 Å². The molecule has 0 saturated heterocycles. The fourth-order valence-corrected chi connectivity index (χ4v) is 2.98. The second-order valence-corrected chi connectivity index (χ2v) is 7.92. The van der Waals surface area contributed by atoms with Crippen molar-refractivity contribution in [3.05, 3.63) is 29.8 Å². The molecule has 0 amide bonds. The van der Waals surface area contributed by atoms with E-state index in [1.807, 2.05) is 27.7 Å². The van der Waals surface area contributed by atoms with Gasteiger partial charge in [0.15, 0.2) is 9.84 Å². The molecule has 0 bridgehead atoms. The maximum Gasteiger partial charge on any atom is 0.178 e. The van der Waals surface area contributed by atoms with Gasteiger partial charge < -0.3 is 0 Å². The van der Waals surface area contributed by atoms with Crippen LogP contribution in [-0.2, 0) is 21.1 Å². The molecule has 0 radical (unpaired) electrons. The summed E-state index contributed by atoms with van der Waals surface area (Å²) in [5.41, 5.74) is 0.489. The van der Waals surface area contributed by atoms with Crippen LogP contribution in [-0.4, -0.2) is 20.0 Å². The fraction of sp³-hybridized carbons (Fsp3) is 0.533. The van der Waals surface area contributed by atoms with E-state index in [0.29, 0.717) is 17.7 Å². The number of rotatable bonds is 5. The molecule has 0 aromatic heterocycles. The predicted molar refractivity (Wildman–Crippen MR) is 77.0 cm³/mol. The molecule has 0 aliphatic heterocycles. The third kappa shape index (κ3) is 4.46. The highest BCUT2D eigenvalue weighted by Gasteiger charge is 2.21. The summed E-state index contributed by atoms with van der Waals surface area (Å²) in [6.07, 6.45) is 0.949. The van der Waals surface area contributed by atoms with Gasteiger partial charge in [-0.3, -0.25) is 4.79 Å². The average Bonchev–Trinajstić information content (AvgIpc) is 2.28. The Morgan fingerprint density at radius 2 is 1.63 bits per heavy atom. The fourth-order valence-electron chi connectivity index (χ4n) is 1.65. The van der Waals surface area contributed by atoms with Gasteiger partial charge in [-0.1, -0.05) is 39.8 Å². The maximum absolute atomic E-state index is 11.9. The third-order valence-corrected chi connectivity index (χ3v) is 4.89. The molecule has 0 aliphatic carbocycles. The lowest BCUT2D eigenvalue weighted by Gasteiger charge is -2.16. The van der Waals surface area contributed by atoms with Gasteiger partial charge >= 0.3 is 0 Å². The molecule has 1 aromatic rings. The Hall–Kier alpha value is -1.16. The minimum Gasteiger partial charge on any atom is -0.299 e. The molecular weight excluding hydrogens is 260 g/mol. The number of hydrogen-bond donors (Lipinski definition) is 0. The molecule has 0 atom stereocenters. The standard InChI is InChI=1S/C15H22O3S/c1-5-10-19(17,18)13-8-6-12(7-9-13)11-14(16)15(2,3)4/h6-9H,5,10-11H2,1-4H3. The Balaban J connectivity index is 2.86. The molecule has 0 heterocycles. The Labute approximate surface area is 116 Å². The van der Waals surface area contributed by atoms with Gasteiger partial charge in [0.05, 0.1) is 10.6 Å². The van der Waals surface area contributed by atoms with Crippen LogP contribution in [0.5, 0.6) is 0 Å². The SMILES string of the molecule is CCCS(=O)(=O)c1ccc(CC(=O)C(C)(C)C)cc1. The zero-order chi connectivity index (χ0) is 14.7. The molecule has 0 N–H and O–H groups in total. The van der Waals surface area contributed by atoms with E-state index in [2.05, 4.69) is 0 Å². The van der Waals surface area contributed by atoms with E-state index in [9.17, 15) is 13.2 Å². The van der Waals surface area contributed by atoms with Crippen molar-refractivity contribution in [1.82, 2.24) is 0 Å². The molecule has 3 nitrogen and oxygen atoms in total. The van der Waals surface area contributed by atoms with E-state index in [1.54, 1.807) is 24.3 Å². The average molecular weight is 282 g/mol. The molecule has 19 heavy (non-hydrogen) atoms. The highest BCUT2D eigenvalue weighted by atomic mass is 32.2. The van der Waals surface area contributed by atoms with Crippen LogP contribution in [0, 0.1) is 5.41 Å². The summed E-state index contributed by atoms with van der Waals surface area (Å²) in [6, 6.07) is 6.64. The van der Waals surface area contributed by atoms with Crippen molar-refractivity contribution in [2.75, 3.05) is 5.75 Å². The smallest absolute Gasteiger partial charge is 0.178 e. The summed E-state index contributed by atoms with van der Waals surface area (Å²) in [4.78, 5) is 12.2. The molecule has 106 valence electrons. The normalized spacial score (nSPS) is 12.4. The van der Waals surface area contributed by atoms with Crippen LogP contribution >= 0.6 is 0 Å². The van der Waals surface area contributed by atoms with Crippen molar-refractivity contribution in [3.63, 3.8) is 0 Å². The molecule has 1 rings (SSSR count). The van der Waals surface area contributed by atoms with E-state index < -0.39 is 9.84 Å². The van der Waals surface area contributed by atoms with Crippen molar-refractivity contribution in [3.8, 4) is 0 Å². The molecule has 0 saturated carbocycles. The highest BCUT2D eigenvalue weighted by molar-refractivity contribution is 7.91. The van der Waals surface area contributed by atoms with Gasteiger partial charge in [-0.05, 0) is 24.1 Å². The molecule has 0 unspecified atom stereocenters. The number of hydrogen-bond acceptors (Lipinski definition) is 3. The zero-order valence-electron chi connectivity index (χ0n) is 12.1. The first-order valence-electron chi connectivity index (χ1n) is 6.52. The van der Waals surface area contributed by atoms with Crippen molar-refractivity contribution >= 4 is 15.6 Å². The summed E-state index contributed by atoms with van der Waals surface area (Å²) >= 11 is 0. The lowest BCUT2D eigenvalue weighted by molar-refractivity contribution is -0.125. The summed E-state index contributed by atoms with van der Waals surface area (Å²) in [7, 11) is -3.17. The van der Waals surface area contributed by atoms with Crippen LogP contribution in [0.2, 0.25) is 0 Å². The van der Waals surface area contributed by atoms with E-state index in [-0.39, 0.29) is 17.0 Å². The van der Waals surface area contributed by atoms with Crippen LogP contribution in [0.4, 0.5) is 0 Å². The zero-order valence-corrected chi connectivity index (χ0v) is 12.9. The Bertz CT molecular complexity index is 534. The van der Waals surface area contributed by atoms with Gasteiger partial charge in [0.2, 0.25) is 0 Å². The Morgan fingerprint density at radius 1 is 1.11 bits per heavy atom. The summed E-state index contributed by atoms with van der Waals surface area (Å²) in [5, 5.41) is 0. The quantitative estimate of drug-likeness (QED) is 0.834. The Kier molecular flexibility index (Phi) is 4.91. The minimum absolute atomic E-state index is 0.150. The minimum atomic E-state index is -3.17. The van der Waals surface area contributed by atoms with Crippen LogP contribution in [0.3, 0.4) is 0 Å². The van der Waals surface area contributed by atoms with E-state index >= 15 is 0 Å². The number of ketones is 1. The van der Waals surface area contributed by atoms with Crippen molar-refractivity contribution < 1.29 is 13.2 Å². The van der Waals surface area contributed by atoms with Crippen molar-refractivity contribution in [1.29, 1.82) is 0 Å². The van der Waals surface area contributed by atoms with Crippen LogP contribution in [0.1, 0.15) is 39.7 Å². The topological polar surface area (TPSA) is 51.2 Å². The Morgan fingerprint density at radius 3 is 2.05 bits per heavy atom. The van der Waals surface area contributed by atoms with Gasteiger partial charge in [-0.25, -0.2) is 8.42 Å². The number of benzene rings is 1. The number of carbonyl (C=O) groups excluding carboxylic acids is 1. The van der Waals surface area contributed by atoms with Gasteiger partial charge in [0, 0.05) is 11.8 Å². The third-order valence-electron chi connectivity index (χ3n) is 2.96. The highest BCUT2D eigenvalue weighted by Crippen LogP contribution is 2.19. The van der Waals surface area contributed by atoms with Crippen LogP contribution in [0.15, 0.2) is 29.2 Å². The summed E-state index contributed by atoms with van der Waals surface area (Å²) in [6.45, 7) is 7.49.